The van der Waals surface area contributed by atoms with Gasteiger partial charge in [-0.2, -0.15) is 0 Å². The van der Waals surface area contributed by atoms with Crippen molar-refractivity contribution in [1.82, 2.24) is 9.55 Å². The van der Waals surface area contributed by atoms with E-state index in [0.29, 0.717) is 5.02 Å². The van der Waals surface area contributed by atoms with Gasteiger partial charge in [0.05, 0.1) is 11.0 Å². The first-order valence-electron chi connectivity index (χ1n) is 6.15. The van der Waals surface area contributed by atoms with Gasteiger partial charge in [-0.15, -0.1) is 0 Å². The Morgan fingerprint density at radius 1 is 1.10 bits per heavy atom. The van der Waals surface area contributed by atoms with Crippen LogP contribution >= 0.6 is 11.6 Å². The summed E-state index contributed by atoms with van der Waals surface area (Å²) in [7, 11) is 0. The molecule has 0 radical (unpaired) electrons. The second-order valence-corrected chi connectivity index (χ2v) is 4.70. The fourth-order valence-corrected chi connectivity index (χ4v) is 2.19. The highest BCUT2D eigenvalue weighted by atomic mass is 35.5. The molecule has 0 spiro atoms. The van der Waals surface area contributed by atoms with E-state index in [1.807, 2.05) is 42.5 Å². The molecular formula is C16H11ClN2O. The molecule has 0 aliphatic heterocycles. The van der Waals surface area contributed by atoms with Crippen LogP contribution in [-0.4, -0.2) is 15.5 Å². The largest absolute Gasteiger partial charge is 0.269 e. The number of carbonyl (C=O) groups excluding carboxylic acids is 1. The number of benzene rings is 2. The molecule has 0 saturated carbocycles. The summed E-state index contributed by atoms with van der Waals surface area (Å²) in [5.74, 6) is -0.154. The van der Waals surface area contributed by atoms with Crippen LogP contribution in [0.2, 0.25) is 5.02 Å². The molecule has 3 rings (SSSR count). The fraction of sp³-hybridized carbons (Fsp3) is 0. The van der Waals surface area contributed by atoms with Crippen molar-refractivity contribution in [3.8, 4) is 0 Å². The lowest BCUT2D eigenvalue weighted by molar-refractivity contribution is 0.0974. The van der Waals surface area contributed by atoms with Crippen LogP contribution in [0.15, 0.2) is 60.9 Å². The molecule has 0 N–H and O–H groups in total. The Balaban J connectivity index is 1.92. The number of carbonyl (C=O) groups is 1. The van der Waals surface area contributed by atoms with E-state index in [-0.39, 0.29) is 5.91 Å². The predicted molar refractivity (Wildman–Crippen MR) is 80.8 cm³/mol. The zero-order valence-electron chi connectivity index (χ0n) is 10.5. The molecule has 2 aromatic carbocycles. The van der Waals surface area contributed by atoms with Crippen molar-refractivity contribution >= 4 is 34.6 Å². The number of para-hydroxylation sites is 2. The summed E-state index contributed by atoms with van der Waals surface area (Å²) in [6.45, 7) is 0. The van der Waals surface area contributed by atoms with Crippen LogP contribution in [0.4, 0.5) is 0 Å². The number of hydrogen-bond acceptors (Lipinski definition) is 2. The van der Waals surface area contributed by atoms with Crippen LogP contribution < -0.4 is 0 Å². The van der Waals surface area contributed by atoms with Crippen LogP contribution in [0.25, 0.3) is 17.1 Å². The van der Waals surface area contributed by atoms with Gasteiger partial charge in [0.1, 0.15) is 6.33 Å². The molecule has 1 heterocycles. The molecule has 1 aromatic heterocycles. The van der Waals surface area contributed by atoms with Gasteiger partial charge in [0.15, 0.2) is 0 Å². The van der Waals surface area contributed by atoms with E-state index in [0.717, 1.165) is 16.6 Å². The Labute approximate surface area is 121 Å². The maximum atomic E-state index is 12.2. The van der Waals surface area contributed by atoms with E-state index in [2.05, 4.69) is 4.98 Å². The van der Waals surface area contributed by atoms with Gasteiger partial charge in [-0.1, -0.05) is 41.9 Å². The molecule has 0 bridgehead atoms. The number of allylic oxidation sites excluding steroid dienone is 1. The maximum absolute atomic E-state index is 12.2. The number of aromatic nitrogens is 2. The number of rotatable bonds is 2. The molecule has 3 nitrogen and oxygen atoms in total. The van der Waals surface area contributed by atoms with Gasteiger partial charge in [-0.3, -0.25) is 9.36 Å². The van der Waals surface area contributed by atoms with Gasteiger partial charge in [-0.05, 0) is 29.8 Å². The smallest absolute Gasteiger partial charge is 0.256 e. The van der Waals surface area contributed by atoms with Gasteiger partial charge >= 0.3 is 0 Å². The third-order valence-electron chi connectivity index (χ3n) is 3.00. The molecule has 0 fully saturated rings. The highest BCUT2D eigenvalue weighted by molar-refractivity contribution is 6.32. The lowest BCUT2D eigenvalue weighted by Crippen LogP contribution is -2.05. The molecule has 0 aliphatic rings. The molecule has 0 atom stereocenters. The monoisotopic (exact) mass is 282 g/mol. The average molecular weight is 283 g/mol. The van der Waals surface area contributed by atoms with Gasteiger partial charge in [0.25, 0.3) is 5.91 Å². The Bertz CT molecular complexity index is 805. The van der Waals surface area contributed by atoms with Crippen LogP contribution in [0.3, 0.4) is 0 Å². The predicted octanol–water partition coefficient (Wildman–Crippen LogP) is 4.04. The number of fused-ring (bicyclic) bond motifs is 1. The van der Waals surface area contributed by atoms with Gasteiger partial charge in [0.2, 0.25) is 0 Å². The normalized spacial score (nSPS) is 11.2. The van der Waals surface area contributed by atoms with Crippen molar-refractivity contribution < 1.29 is 4.79 Å². The Hall–Kier alpha value is -2.39. The second kappa shape index (κ2) is 5.31. The second-order valence-electron chi connectivity index (χ2n) is 4.30. The third kappa shape index (κ3) is 2.36. The van der Waals surface area contributed by atoms with E-state index in [4.69, 9.17) is 11.6 Å². The molecule has 0 amide bonds. The number of nitrogens with zero attached hydrogens (tertiary/aromatic N) is 2. The first-order valence-corrected chi connectivity index (χ1v) is 6.52. The molecule has 20 heavy (non-hydrogen) atoms. The van der Waals surface area contributed by atoms with Crippen molar-refractivity contribution in [2.24, 2.45) is 0 Å². The number of hydrogen-bond donors (Lipinski definition) is 0. The quantitative estimate of drug-likeness (QED) is 0.665. The van der Waals surface area contributed by atoms with Crippen molar-refractivity contribution in [2.75, 3.05) is 0 Å². The highest BCUT2D eigenvalue weighted by Gasteiger charge is 2.06. The van der Waals surface area contributed by atoms with E-state index in [1.165, 1.54) is 17.0 Å². The summed E-state index contributed by atoms with van der Waals surface area (Å²) < 4.78 is 1.52. The maximum Gasteiger partial charge on any atom is 0.256 e. The molecule has 3 aromatic rings. The lowest BCUT2D eigenvalue weighted by Gasteiger charge is -1.99. The lowest BCUT2D eigenvalue weighted by atomic mass is 10.2. The molecular weight excluding hydrogens is 272 g/mol. The van der Waals surface area contributed by atoms with E-state index in [1.54, 1.807) is 12.1 Å². The van der Waals surface area contributed by atoms with E-state index >= 15 is 0 Å². The van der Waals surface area contributed by atoms with Gasteiger partial charge < -0.3 is 0 Å². The van der Waals surface area contributed by atoms with Crippen LogP contribution in [0.1, 0.15) is 10.4 Å². The molecule has 98 valence electrons. The number of imidazole rings is 1. The molecule has 0 saturated heterocycles. The third-order valence-corrected chi connectivity index (χ3v) is 3.35. The minimum atomic E-state index is -0.154. The van der Waals surface area contributed by atoms with Gasteiger partial charge in [-0.25, -0.2) is 4.98 Å². The van der Waals surface area contributed by atoms with Crippen molar-refractivity contribution in [1.29, 1.82) is 0 Å². The summed E-state index contributed by atoms with van der Waals surface area (Å²) in [4.78, 5) is 16.4. The minimum absolute atomic E-state index is 0.154. The van der Waals surface area contributed by atoms with Crippen LogP contribution in [0.5, 0.6) is 0 Å². The summed E-state index contributed by atoms with van der Waals surface area (Å²) in [5.41, 5.74) is 2.40. The first kappa shape index (κ1) is 12.6. The van der Waals surface area contributed by atoms with Gasteiger partial charge in [0, 0.05) is 11.1 Å². The van der Waals surface area contributed by atoms with E-state index < -0.39 is 0 Å². The Morgan fingerprint density at radius 3 is 2.70 bits per heavy atom. The molecule has 4 heteroatoms. The zero-order valence-corrected chi connectivity index (χ0v) is 11.3. The van der Waals surface area contributed by atoms with Crippen molar-refractivity contribution in [3.05, 3.63) is 71.5 Å². The standard InChI is InChI=1S/C16H11ClN2O/c17-13-6-2-1-5-12(13)9-10-16(20)19-11-18-14-7-3-4-8-15(14)19/h1-11H. The summed E-state index contributed by atoms with van der Waals surface area (Å²) in [6.07, 6.45) is 4.73. The topological polar surface area (TPSA) is 34.9 Å². The van der Waals surface area contributed by atoms with Crippen LogP contribution in [0, 0.1) is 0 Å². The summed E-state index contributed by atoms with van der Waals surface area (Å²) in [6, 6.07) is 14.9. The zero-order chi connectivity index (χ0) is 13.9. The fourth-order valence-electron chi connectivity index (χ4n) is 1.99. The number of halogens is 1. The Kier molecular flexibility index (Phi) is 3.35. The van der Waals surface area contributed by atoms with Crippen molar-refractivity contribution in [3.63, 3.8) is 0 Å². The highest BCUT2D eigenvalue weighted by Crippen LogP contribution is 2.17. The minimum Gasteiger partial charge on any atom is -0.269 e. The first-order chi connectivity index (χ1) is 9.75. The van der Waals surface area contributed by atoms with Crippen LogP contribution in [-0.2, 0) is 0 Å². The average Bonchev–Trinajstić information content (AvgIpc) is 2.90. The summed E-state index contributed by atoms with van der Waals surface area (Å²) in [5, 5.41) is 0.618. The Morgan fingerprint density at radius 2 is 1.85 bits per heavy atom. The SMILES string of the molecule is O=C(C=Cc1ccccc1Cl)n1cnc2ccccc21. The van der Waals surface area contributed by atoms with E-state index in [9.17, 15) is 4.79 Å². The molecule has 0 unspecified atom stereocenters. The summed E-state index contributed by atoms with van der Waals surface area (Å²) >= 11 is 6.05. The molecule has 0 aliphatic carbocycles. The van der Waals surface area contributed by atoms with Crippen molar-refractivity contribution in [2.45, 2.75) is 0 Å².